The summed E-state index contributed by atoms with van der Waals surface area (Å²) in [6.45, 7) is 9.75. The summed E-state index contributed by atoms with van der Waals surface area (Å²) in [5.74, 6) is -0.394. The zero-order chi connectivity index (χ0) is 9.49. The highest BCUT2D eigenvalue weighted by atomic mass is 16.5. The Hall–Kier alpha value is -0.830. The van der Waals surface area contributed by atoms with E-state index in [2.05, 4.69) is 18.2 Å². The van der Waals surface area contributed by atoms with Crippen LogP contribution in [0.15, 0.2) is 12.7 Å². The third-order valence-corrected chi connectivity index (χ3v) is 0.368. The maximum absolute atomic E-state index is 9.84. The van der Waals surface area contributed by atoms with E-state index in [0.717, 1.165) is 6.08 Å². The predicted molar refractivity (Wildman–Crippen MR) is 43.9 cm³/mol. The SMILES string of the molecule is C=CC(=O)OC.[CH2]C(C)(C)O. The molecule has 1 radical (unpaired) electrons. The van der Waals surface area contributed by atoms with Crippen molar-refractivity contribution in [2.45, 2.75) is 19.4 Å². The Balaban J connectivity index is 0. The molecule has 0 bridgehead atoms. The molecule has 0 saturated carbocycles. The third kappa shape index (κ3) is 46.9. The average Bonchev–Trinajstić information content (AvgIpc) is 1.83. The Bertz CT molecular complexity index is 116. The van der Waals surface area contributed by atoms with E-state index in [1.807, 2.05) is 0 Å². The first-order valence-corrected chi connectivity index (χ1v) is 3.09. The van der Waals surface area contributed by atoms with Crippen molar-refractivity contribution < 1.29 is 14.6 Å². The molecular formula is C8H15O3. The second-order valence-corrected chi connectivity index (χ2v) is 2.54. The summed E-state index contributed by atoms with van der Waals surface area (Å²) in [6, 6.07) is 0. The Labute approximate surface area is 67.7 Å². The molecule has 0 aromatic rings. The van der Waals surface area contributed by atoms with Gasteiger partial charge < -0.3 is 9.84 Å². The van der Waals surface area contributed by atoms with Gasteiger partial charge in [0.25, 0.3) is 0 Å². The molecule has 65 valence electrons. The number of rotatable bonds is 1. The van der Waals surface area contributed by atoms with E-state index in [0.29, 0.717) is 0 Å². The molecule has 3 heteroatoms. The van der Waals surface area contributed by atoms with Crippen LogP contribution in [-0.4, -0.2) is 23.8 Å². The Morgan fingerprint density at radius 1 is 1.64 bits per heavy atom. The molecule has 0 fully saturated rings. The quantitative estimate of drug-likeness (QED) is 0.457. The highest BCUT2D eigenvalue weighted by molar-refractivity contribution is 5.80. The summed E-state index contributed by atoms with van der Waals surface area (Å²) in [5, 5.41) is 8.41. The molecular weight excluding hydrogens is 144 g/mol. The Morgan fingerprint density at radius 2 is 1.91 bits per heavy atom. The number of esters is 1. The van der Waals surface area contributed by atoms with Crippen LogP contribution in [0.3, 0.4) is 0 Å². The van der Waals surface area contributed by atoms with Gasteiger partial charge in [0.15, 0.2) is 0 Å². The van der Waals surface area contributed by atoms with Gasteiger partial charge in [0, 0.05) is 6.08 Å². The second-order valence-electron chi connectivity index (χ2n) is 2.54. The molecule has 0 rings (SSSR count). The van der Waals surface area contributed by atoms with E-state index >= 15 is 0 Å². The fraction of sp³-hybridized carbons (Fsp3) is 0.500. The number of carbonyl (C=O) groups is 1. The van der Waals surface area contributed by atoms with Crippen molar-refractivity contribution in [2.24, 2.45) is 0 Å². The maximum Gasteiger partial charge on any atom is 0.329 e. The summed E-state index contributed by atoms with van der Waals surface area (Å²) in [6.07, 6.45) is 1.11. The van der Waals surface area contributed by atoms with E-state index in [1.54, 1.807) is 13.8 Å². The summed E-state index contributed by atoms with van der Waals surface area (Å²) >= 11 is 0. The van der Waals surface area contributed by atoms with Crippen molar-refractivity contribution >= 4 is 5.97 Å². The molecule has 0 spiro atoms. The second kappa shape index (κ2) is 5.92. The van der Waals surface area contributed by atoms with Crippen LogP contribution in [0, 0.1) is 6.92 Å². The van der Waals surface area contributed by atoms with Crippen molar-refractivity contribution in [2.75, 3.05) is 7.11 Å². The van der Waals surface area contributed by atoms with Crippen molar-refractivity contribution in [3.63, 3.8) is 0 Å². The number of hydrogen-bond donors (Lipinski definition) is 1. The lowest BCUT2D eigenvalue weighted by atomic mass is 10.2. The van der Waals surface area contributed by atoms with Gasteiger partial charge >= 0.3 is 5.97 Å². The highest BCUT2D eigenvalue weighted by Gasteiger charge is 1.98. The minimum absolute atomic E-state index is 0.394. The lowest BCUT2D eigenvalue weighted by molar-refractivity contribution is -0.134. The highest BCUT2D eigenvalue weighted by Crippen LogP contribution is 1.92. The van der Waals surface area contributed by atoms with E-state index in [1.165, 1.54) is 7.11 Å². The average molecular weight is 159 g/mol. The molecule has 0 amide bonds. The number of aliphatic hydroxyl groups is 1. The van der Waals surface area contributed by atoms with Crippen LogP contribution in [0.1, 0.15) is 13.8 Å². The van der Waals surface area contributed by atoms with Gasteiger partial charge in [0.1, 0.15) is 0 Å². The largest absolute Gasteiger partial charge is 0.466 e. The Kier molecular flexibility index (Phi) is 6.89. The minimum atomic E-state index is -0.750. The molecule has 0 aliphatic heterocycles. The third-order valence-electron chi connectivity index (χ3n) is 0.368. The molecule has 1 N–H and O–H groups in total. The van der Waals surface area contributed by atoms with E-state index < -0.39 is 11.6 Å². The minimum Gasteiger partial charge on any atom is -0.466 e. The summed E-state index contributed by atoms with van der Waals surface area (Å²) in [5.41, 5.74) is -0.750. The first-order chi connectivity index (χ1) is 4.81. The monoisotopic (exact) mass is 159 g/mol. The van der Waals surface area contributed by atoms with Gasteiger partial charge in [-0.15, -0.1) is 0 Å². The van der Waals surface area contributed by atoms with Crippen LogP contribution in [0.5, 0.6) is 0 Å². The summed E-state index contributed by atoms with van der Waals surface area (Å²) < 4.78 is 4.14. The predicted octanol–water partition coefficient (Wildman–Crippen LogP) is 0.937. The molecule has 0 aliphatic rings. The van der Waals surface area contributed by atoms with Gasteiger partial charge in [-0.05, 0) is 20.8 Å². The zero-order valence-electron chi connectivity index (χ0n) is 7.26. The van der Waals surface area contributed by atoms with E-state index in [4.69, 9.17) is 5.11 Å². The van der Waals surface area contributed by atoms with Crippen LogP contribution in [0.4, 0.5) is 0 Å². The van der Waals surface area contributed by atoms with Crippen LogP contribution in [0.25, 0.3) is 0 Å². The summed E-state index contributed by atoms with van der Waals surface area (Å²) in [4.78, 5) is 9.84. The van der Waals surface area contributed by atoms with Crippen molar-refractivity contribution in [1.29, 1.82) is 0 Å². The number of methoxy groups -OCH3 is 1. The van der Waals surface area contributed by atoms with Crippen molar-refractivity contribution in [3.8, 4) is 0 Å². The lowest BCUT2D eigenvalue weighted by Gasteiger charge is -2.04. The maximum atomic E-state index is 9.84. The van der Waals surface area contributed by atoms with Gasteiger partial charge in [-0.3, -0.25) is 0 Å². The molecule has 3 nitrogen and oxygen atoms in total. The molecule has 0 unspecified atom stereocenters. The summed E-state index contributed by atoms with van der Waals surface area (Å²) in [7, 11) is 1.31. The number of hydrogen-bond acceptors (Lipinski definition) is 3. The van der Waals surface area contributed by atoms with E-state index in [9.17, 15) is 4.79 Å². The Morgan fingerprint density at radius 3 is 1.91 bits per heavy atom. The molecule has 0 aromatic heterocycles. The molecule has 0 saturated heterocycles. The lowest BCUT2D eigenvalue weighted by Crippen LogP contribution is -2.10. The van der Waals surface area contributed by atoms with Crippen LogP contribution >= 0.6 is 0 Å². The van der Waals surface area contributed by atoms with Crippen LogP contribution in [0.2, 0.25) is 0 Å². The van der Waals surface area contributed by atoms with Crippen molar-refractivity contribution in [3.05, 3.63) is 19.6 Å². The molecule has 0 aliphatic carbocycles. The van der Waals surface area contributed by atoms with Gasteiger partial charge in [-0.1, -0.05) is 6.58 Å². The van der Waals surface area contributed by atoms with Gasteiger partial charge in [-0.2, -0.15) is 0 Å². The molecule has 11 heavy (non-hydrogen) atoms. The normalized spacial score (nSPS) is 9.18. The molecule has 0 heterocycles. The first-order valence-electron chi connectivity index (χ1n) is 3.09. The van der Waals surface area contributed by atoms with Crippen LogP contribution < -0.4 is 0 Å². The number of carbonyl (C=O) groups excluding carboxylic acids is 1. The fourth-order valence-electron chi connectivity index (χ4n) is 0.0833. The molecule has 0 aromatic carbocycles. The van der Waals surface area contributed by atoms with Gasteiger partial charge in [-0.25, -0.2) is 4.79 Å². The smallest absolute Gasteiger partial charge is 0.329 e. The number of ether oxygens (including phenoxy) is 1. The zero-order valence-corrected chi connectivity index (χ0v) is 7.26. The van der Waals surface area contributed by atoms with Crippen molar-refractivity contribution in [1.82, 2.24) is 0 Å². The van der Waals surface area contributed by atoms with E-state index in [-0.39, 0.29) is 0 Å². The van der Waals surface area contributed by atoms with Gasteiger partial charge in [0.05, 0.1) is 12.7 Å². The topological polar surface area (TPSA) is 46.5 Å². The van der Waals surface area contributed by atoms with Crippen LogP contribution in [-0.2, 0) is 9.53 Å². The fourth-order valence-corrected chi connectivity index (χ4v) is 0.0833. The standard InChI is InChI=1S/C4H6O2.C4H9O/c1-3-4(5)6-2;1-4(2,3)5/h3H,1H2,2H3;5H,1H2,2-3H3. The first kappa shape index (κ1) is 12.8. The molecule has 0 atom stereocenters. The van der Waals surface area contributed by atoms with Gasteiger partial charge in [0.2, 0.25) is 0 Å².